The van der Waals surface area contributed by atoms with Crippen molar-refractivity contribution in [3.05, 3.63) is 56.8 Å². The molecule has 1 aliphatic carbocycles. The van der Waals surface area contributed by atoms with Crippen molar-refractivity contribution < 1.29 is 0 Å². The van der Waals surface area contributed by atoms with Gasteiger partial charge in [-0.15, -0.1) is 0 Å². The number of H-pyrrole nitrogens is 1. The lowest BCUT2D eigenvalue weighted by Crippen LogP contribution is -1.95. The molecular formula is C16H13BrN2S. The molecule has 1 aromatic heterocycles. The molecule has 0 amide bonds. The fourth-order valence-electron chi connectivity index (χ4n) is 3.04. The van der Waals surface area contributed by atoms with Crippen LogP contribution in [0.25, 0.3) is 16.7 Å². The summed E-state index contributed by atoms with van der Waals surface area (Å²) in [6, 6.07) is 12.9. The van der Waals surface area contributed by atoms with Crippen molar-refractivity contribution in [2.75, 3.05) is 0 Å². The van der Waals surface area contributed by atoms with Crippen LogP contribution in [-0.2, 0) is 12.8 Å². The summed E-state index contributed by atoms with van der Waals surface area (Å²) in [5.74, 6) is 0. The van der Waals surface area contributed by atoms with E-state index in [-0.39, 0.29) is 0 Å². The van der Waals surface area contributed by atoms with Crippen LogP contribution in [-0.4, -0.2) is 9.55 Å². The Morgan fingerprint density at radius 2 is 1.90 bits per heavy atom. The van der Waals surface area contributed by atoms with Gasteiger partial charge in [-0.25, -0.2) is 0 Å². The molecule has 4 rings (SSSR count). The lowest BCUT2D eigenvalue weighted by molar-refractivity contribution is 0.911. The van der Waals surface area contributed by atoms with Gasteiger partial charge in [0, 0.05) is 10.2 Å². The van der Waals surface area contributed by atoms with Crippen LogP contribution in [0.4, 0.5) is 0 Å². The van der Waals surface area contributed by atoms with Crippen molar-refractivity contribution in [3.63, 3.8) is 0 Å². The SMILES string of the molecule is S=c1[nH]c2cc(Br)ccc2n1-c1ccc2c(c1)CCC2. The minimum absolute atomic E-state index is 0.746. The summed E-state index contributed by atoms with van der Waals surface area (Å²) in [7, 11) is 0. The molecule has 0 aliphatic heterocycles. The number of aromatic nitrogens is 2. The fourth-order valence-corrected chi connectivity index (χ4v) is 3.71. The molecule has 0 fully saturated rings. The van der Waals surface area contributed by atoms with Crippen LogP contribution in [0.15, 0.2) is 40.9 Å². The van der Waals surface area contributed by atoms with Gasteiger partial charge in [-0.3, -0.25) is 4.57 Å². The van der Waals surface area contributed by atoms with E-state index in [0.29, 0.717) is 0 Å². The number of nitrogens with one attached hydrogen (secondary N) is 1. The van der Waals surface area contributed by atoms with Gasteiger partial charge in [0.25, 0.3) is 0 Å². The smallest absolute Gasteiger partial charge is 0.182 e. The van der Waals surface area contributed by atoms with E-state index in [2.05, 4.69) is 61.9 Å². The molecule has 0 saturated carbocycles. The summed E-state index contributed by atoms with van der Waals surface area (Å²) in [5.41, 5.74) is 6.30. The number of halogens is 1. The Kier molecular flexibility index (Phi) is 2.82. The topological polar surface area (TPSA) is 20.7 Å². The third-order valence-electron chi connectivity index (χ3n) is 3.98. The molecule has 1 aliphatic rings. The standard InChI is InChI=1S/C16H13BrN2S/c17-12-5-7-15-14(9-12)18-16(20)19(15)13-6-4-10-2-1-3-11(10)8-13/h4-9H,1-3H2,(H,18,20). The van der Waals surface area contributed by atoms with Gasteiger partial charge >= 0.3 is 0 Å². The van der Waals surface area contributed by atoms with E-state index in [1.54, 1.807) is 0 Å². The first-order valence-corrected chi connectivity index (χ1v) is 7.95. The number of rotatable bonds is 1. The molecule has 0 radical (unpaired) electrons. The van der Waals surface area contributed by atoms with Gasteiger partial charge in [-0.05, 0) is 72.9 Å². The first-order valence-electron chi connectivity index (χ1n) is 6.75. The summed E-state index contributed by atoms with van der Waals surface area (Å²) in [4.78, 5) is 3.28. The van der Waals surface area contributed by atoms with Crippen LogP contribution in [0, 0.1) is 4.77 Å². The second-order valence-corrected chi connectivity index (χ2v) is 6.54. The van der Waals surface area contributed by atoms with Crippen LogP contribution < -0.4 is 0 Å². The van der Waals surface area contributed by atoms with E-state index in [1.165, 1.54) is 30.4 Å². The quantitative estimate of drug-likeness (QED) is 0.620. The Morgan fingerprint density at radius 3 is 2.80 bits per heavy atom. The van der Waals surface area contributed by atoms with Crippen molar-refractivity contribution >= 4 is 39.2 Å². The summed E-state index contributed by atoms with van der Waals surface area (Å²) < 4.78 is 3.92. The van der Waals surface area contributed by atoms with E-state index < -0.39 is 0 Å². The maximum absolute atomic E-state index is 5.50. The van der Waals surface area contributed by atoms with Gasteiger partial charge < -0.3 is 4.98 Å². The first kappa shape index (κ1) is 12.4. The lowest BCUT2D eigenvalue weighted by atomic mass is 10.1. The minimum atomic E-state index is 0.746. The number of aromatic amines is 1. The van der Waals surface area contributed by atoms with E-state index in [0.717, 1.165) is 26.0 Å². The minimum Gasteiger partial charge on any atom is -0.330 e. The summed E-state index contributed by atoms with van der Waals surface area (Å²) >= 11 is 9.00. The van der Waals surface area contributed by atoms with Crippen LogP contribution in [0.1, 0.15) is 17.5 Å². The number of imidazole rings is 1. The number of benzene rings is 2. The molecule has 0 spiro atoms. The zero-order valence-corrected chi connectivity index (χ0v) is 13.2. The number of hydrogen-bond acceptors (Lipinski definition) is 1. The Balaban J connectivity index is 1.98. The molecule has 0 unspecified atom stereocenters. The molecule has 3 aromatic rings. The molecule has 1 heterocycles. The van der Waals surface area contributed by atoms with E-state index in [1.807, 2.05) is 0 Å². The molecular weight excluding hydrogens is 332 g/mol. The molecule has 100 valence electrons. The highest BCUT2D eigenvalue weighted by molar-refractivity contribution is 9.10. The van der Waals surface area contributed by atoms with Gasteiger partial charge in [0.05, 0.1) is 11.0 Å². The van der Waals surface area contributed by atoms with Gasteiger partial charge in [-0.1, -0.05) is 22.0 Å². The van der Waals surface area contributed by atoms with Crippen molar-refractivity contribution in [3.8, 4) is 5.69 Å². The largest absolute Gasteiger partial charge is 0.330 e. The van der Waals surface area contributed by atoms with Crippen LogP contribution in [0.5, 0.6) is 0 Å². The highest BCUT2D eigenvalue weighted by Gasteiger charge is 2.13. The van der Waals surface area contributed by atoms with Crippen LogP contribution >= 0.6 is 28.1 Å². The zero-order chi connectivity index (χ0) is 13.7. The van der Waals surface area contributed by atoms with E-state index >= 15 is 0 Å². The van der Waals surface area contributed by atoms with Crippen LogP contribution in [0.2, 0.25) is 0 Å². The van der Waals surface area contributed by atoms with Gasteiger partial charge in [-0.2, -0.15) is 0 Å². The Hall–Kier alpha value is -1.39. The maximum atomic E-state index is 5.50. The van der Waals surface area contributed by atoms with Gasteiger partial charge in [0.2, 0.25) is 0 Å². The first-order chi connectivity index (χ1) is 9.72. The van der Waals surface area contributed by atoms with Gasteiger partial charge in [0.15, 0.2) is 4.77 Å². The zero-order valence-electron chi connectivity index (χ0n) is 10.8. The Morgan fingerprint density at radius 1 is 1.05 bits per heavy atom. The highest BCUT2D eigenvalue weighted by Crippen LogP contribution is 2.27. The second kappa shape index (κ2) is 4.57. The Bertz CT molecular complexity index is 876. The number of hydrogen-bond donors (Lipinski definition) is 1. The molecule has 2 aromatic carbocycles. The monoisotopic (exact) mass is 344 g/mol. The van der Waals surface area contributed by atoms with Gasteiger partial charge in [0.1, 0.15) is 0 Å². The third-order valence-corrected chi connectivity index (χ3v) is 4.76. The van der Waals surface area contributed by atoms with E-state index in [9.17, 15) is 0 Å². The predicted molar refractivity (Wildman–Crippen MR) is 88.2 cm³/mol. The molecule has 0 atom stereocenters. The highest BCUT2D eigenvalue weighted by atomic mass is 79.9. The summed E-state index contributed by atoms with van der Waals surface area (Å²) in [6.45, 7) is 0. The molecule has 0 saturated heterocycles. The number of fused-ring (bicyclic) bond motifs is 2. The van der Waals surface area contributed by atoms with Crippen LogP contribution in [0.3, 0.4) is 0 Å². The van der Waals surface area contributed by atoms with Crippen molar-refractivity contribution in [1.29, 1.82) is 0 Å². The lowest BCUT2D eigenvalue weighted by Gasteiger charge is -2.07. The Labute approximate surface area is 130 Å². The molecule has 2 nitrogen and oxygen atoms in total. The summed E-state index contributed by atoms with van der Waals surface area (Å²) in [6.07, 6.45) is 3.66. The molecule has 0 bridgehead atoms. The van der Waals surface area contributed by atoms with Crippen molar-refractivity contribution in [2.45, 2.75) is 19.3 Å². The maximum Gasteiger partial charge on any atom is 0.182 e. The average molecular weight is 345 g/mol. The third kappa shape index (κ3) is 1.86. The molecule has 4 heteroatoms. The summed E-state index contributed by atoms with van der Waals surface area (Å²) in [5, 5.41) is 0. The average Bonchev–Trinajstić information content (AvgIpc) is 3.00. The molecule has 20 heavy (non-hydrogen) atoms. The van der Waals surface area contributed by atoms with E-state index in [4.69, 9.17) is 12.2 Å². The number of aryl methyl sites for hydroxylation is 2. The van der Waals surface area contributed by atoms with Crippen molar-refractivity contribution in [1.82, 2.24) is 9.55 Å². The normalized spacial score (nSPS) is 13.8. The fraction of sp³-hybridized carbons (Fsp3) is 0.188. The second-order valence-electron chi connectivity index (χ2n) is 5.23. The number of nitrogens with zero attached hydrogens (tertiary/aromatic N) is 1. The predicted octanol–water partition coefficient (Wildman–Crippen LogP) is 4.94. The molecule has 1 N–H and O–H groups in total. The van der Waals surface area contributed by atoms with Crippen molar-refractivity contribution in [2.24, 2.45) is 0 Å².